The summed E-state index contributed by atoms with van der Waals surface area (Å²) in [6, 6.07) is 9.87. The van der Waals surface area contributed by atoms with Crippen LogP contribution in [0.1, 0.15) is 18.3 Å². The van der Waals surface area contributed by atoms with Gasteiger partial charge in [-0.05, 0) is 35.4 Å². The van der Waals surface area contributed by atoms with Crippen LogP contribution in [0, 0.1) is 0 Å². The molecule has 2 aromatic heterocycles. The maximum absolute atomic E-state index is 9.52. The number of benzene rings is 1. The van der Waals surface area contributed by atoms with Crippen molar-refractivity contribution < 1.29 is 5.11 Å². The van der Waals surface area contributed by atoms with Gasteiger partial charge in [-0.2, -0.15) is 4.37 Å². The molecule has 0 aliphatic rings. The molecule has 3 aromatic rings. The fourth-order valence-electron chi connectivity index (χ4n) is 1.85. The number of pyridine rings is 1. The lowest BCUT2D eigenvalue weighted by atomic mass is 10.2. The molecule has 0 bridgehead atoms. The maximum atomic E-state index is 9.52. The van der Waals surface area contributed by atoms with E-state index >= 15 is 0 Å². The van der Waals surface area contributed by atoms with Gasteiger partial charge in [0.05, 0.1) is 12.1 Å². The quantitative estimate of drug-likeness (QED) is 0.801. The largest absolute Gasteiger partial charge is 0.392 e. The van der Waals surface area contributed by atoms with Crippen LogP contribution in [-0.4, -0.2) is 19.4 Å². The predicted octanol–water partition coefficient (Wildman–Crippen LogP) is 3.29. The van der Waals surface area contributed by atoms with Gasteiger partial charge in [0.15, 0.2) is 4.34 Å². The first kappa shape index (κ1) is 13.5. The van der Waals surface area contributed by atoms with Crippen molar-refractivity contribution >= 4 is 34.2 Å². The van der Waals surface area contributed by atoms with Gasteiger partial charge in [0.25, 0.3) is 0 Å². The Labute approximate surface area is 125 Å². The molecule has 0 spiro atoms. The number of aryl methyl sites for hydroxylation is 1. The highest BCUT2D eigenvalue weighted by molar-refractivity contribution is 8.00. The van der Waals surface area contributed by atoms with Gasteiger partial charge in [0.1, 0.15) is 10.9 Å². The summed E-state index contributed by atoms with van der Waals surface area (Å²) >= 11 is 2.84. The van der Waals surface area contributed by atoms with Crippen molar-refractivity contribution in [2.75, 3.05) is 0 Å². The van der Waals surface area contributed by atoms with E-state index in [4.69, 9.17) is 0 Å². The number of rotatable bonds is 4. The van der Waals surface area contributed by atoms with E-state index in [9.17, 15) is 5.11 Å². The van der Waals surface area contributed by atoms with E-state index in [2.05, 4.69) is 14.3 Å². The summed E-state index contributed by atoms with van der Waals surface area (Å²) < 4.78 is 5.13. The van der Waals surface area contributed by atoms with Crippen molar-refractivity contribution in [3.05, 3.63) is 41.7 Å². The molecule has 0 atom stereocenters. The van der Waals surface area contributed by atoms with E-state index in [-0.39, 0.29) is 6.61 Å². The Balaban J connectivity index is 2.00. The molecule has 0 unspecified atom stereocenters. The molecule has 1 N–H and O–H groups in total. The van der Waals surface area contributed by atoms with E-state index in [1.165, 1.54) is 23.3 Å². The third-order valence-corrected chi connectivity index (χ3v) is 4.72. The molecule has 0 aliphatic carbocycles. The van der Waals surface area contributed by atoms with E-state index in [1.54, 1.807) is 0 Å². The number of para-hydroxylation sites is 1. The van der Waals surface area contributed by atoms with E-state index in [0.717, 1.165) is 38.1 Å². The molecule has 0 aliphatic heterocycles. The average Bonchev–Trinajstić information content (AvgIpc) is 2.94. The summed E-state index contributed by atoms with van der Waals surface area (Å²) in [7, 11) is 0. The number of aliphatic hydroxyl groups is 1. The third-order valence-electron chi connectivity index (χ3n) is 2.88. The second-order valence-corrected chi connectivity index (χ2v) is 6.22. The Morgan fingerprint density at radius 1 is 1.25 bits per heavy atom. The first-order chi connectivity index (χ1) is 9.80. The molecular weight excluding hydrogens is 290 g/mol. The molecular formula is C14H13N3OS2. The van der Waals surface area contributed by atoms with Gasteiger partial charge in [-0.25, -0.2) is 9.97 Å². The first-order valence-electron chi connectivity index (χ1n) is 6.30. The number of fused-ring (bicyclic) bond motifs is 1. The molecule has 6 heteroatoms. The van der Waals surface area contributed by atoms with Gasteiger partial charge in [-0.15, -0.1) is 0 Å². The topological polar surface area (TPSA) is 58.9 Å². The van der Waals surface area contributed by atoms with Crippen LogP contribution in [0.15, 0.2) is 39.7 Å². The number of hydrogen-bond acceptors (Lipinski definition) is 6. The van der Waals surface area contributed by atoms with Gasteiger partial charge in [0, 0.05) is 17.4 Å². The molecule has 2 heterocycles. The summed E-state index contributed by atoms with van der Waals surface area (Å²) in [5.41, 5.74) is 1.74. The Bertz CT molecular complexity index is 742. The molecule has 0 saturated carbocycles. The van der Waals surface area contributed by atoms with Gasteiger partial charge in [-0.3, -0.25) is 0 Å². The molecule has 0 saturated heterocycles. The van der Waals surface area contributed by atoms with Crippen LogP contribution in [-0.2, 0) is 13.0 Å². The van der Waals surface area contributed by atoms with Gasteiger partial charge in [-0.1, -0.05) is 25.1 Å². The molecule has 0 fully saturated rings. The summed E-state index contributed by atoms with van der Waals surface area (Å²) in [6.07, 6.45) is 0.828. The lowest BCUT2D eigenvalue weighted by Crippen LogP contribution is -1.93. The predicted molar refractivity (Wildman–Crippen MR) is 81.1 cm³/mol. The van der Waals surface area contributed by atoms with Crippen LogP contribution >= 0.6 is 23.3 Å². The summed E-state index contributed by atoms with van der Waals surface area (Å²) in [6.45, 7) is 2.00. The average molecular weight is 303 g/mol. The molecule has 4 nitrogen and oxygen atoms in total. The second-order valence-electron chi connectivity index (χ2n) is 4.24. The first-order valence-corrected chi connectivity index (χ1v) is 7.89. The minimum absolute atomic E-state index is 0.0282. The maximum Gasteiger partial charge on any atom is 0.176 e. The van der Waals surface area contributed by atoms with Crippen LogP contribution in [0.2, 0.25) is 0 Å². The van der Waals surface area contributed by atoms with E-state index in [1.807, 2.05) is 37.3 Å². The number of hydrogen-bond donors (Lipinski definition) is 1. The van der Waals surface area contributed by atoms with Crippen LogP contribution in [0.3, 0.4) is 0 Å². The van der Waals surface area contributed by atoms with Crippen LogP contribution in [0.4, 0.5) is 0 Å². The molecule has 1 aromatic carbocycles. The lowest BCUT2D eigenvalue weighted by Gasteiger charge is -2.06. The smallest absolute Gasteiger partial charge is 0.176 e. The highest BCUT2D eigenvalue weighted by Crippen LogP contribution is 2.32. The van der Waals surface area contributed by atoms with Crippen molar-refractivity contribution in [2.24, 2.45) is 0 Å². The van der Waals surface area contributed by atoms with Crippen molar-refractivity contribution in [3.63, 3.8) is 0 Å². The number of aliphatic hydroxyl groups excluding tert-OH is 1. The molecule has 3 rings (SSSR count). The fraction of sp³-hybridized carbons (Fsp3) is 0.214. The minimum atomic E-state index is -0.0282. The van der Waals surface area contributed by atoms with Crippen LogP contribution in [0.25, 0.3) is 10.9 Å². The highest BCUT2D eigenvalue weighted by atomic mass is 32.2. The summed E-state index contributed by atoms with van der Waals surface area (Å²) in [5.74, 6) is 0.851. The van der Waals surface area contributed by atoms with Crippen LogP contribution in [0.5, 0.6) is 0 Å². The molecule has 0 radical (unpaired) electrons. The standard InChI is InChI=1S/C14H13N3OS2/c1-2-12-16-14(20-17-12)19-13-10(8-18)7-9-5-3-4-6-11(9)15-13/h3-7,18H,2,8H2,1H3. The van der Waals surface area contributed by atoms with Crippen molar-refractivity contribution in [1.29, 1.82) is 0 Å². The third kappa shape index (κ3) is 2.67. The van der Waals surface area contributed by atoms with Gasteiger partial charge >= 0.3 is 0 Å². The summed E-state index contributed by atoms with van der Waals surface area (Å²) in [5, 5.41) is 11.4. The zero-order chi connectivity index (χ0) is 13.9. The normalized spacial score (nSPS) is 11.1. The number of aromatic nitrogens is 3. The second kappa shape index (κ2) is 5.87. The fourth-order valence-corrected chi connectivity index (χ4v) is 3.56. The zero-order valence-corrected chi connectivity index (χ0v) is 12.5. The highest BCUT2D eigenvalue weighted by Gasteiger charge is 2.11. The molecule has 102 valence electrons. The SMILES string of the molecule is CCc1nsc(Sc2nc3ccccc3cc2CO)n1. The number of nitrogens with zero attached hydrogens (tertiary/aromatic N) is 3. The zero-order valence-electron chi connectivity index (χ0n) is 10.9. The summed E-state index contributed by atoms with van der Waals surface area (Å²) in [4.78, 5) is 9.05. The lowest BCUT2D eigenvalue weighted by molar-refractivity contribution is 0.278. The Hall–Kier alpha value is -1.50. The Kier molecular flexibility index (Phi) is 3.95. The Morgan fingerprint density at radius 3 is 2.85 bits per heavy atom. The monoisotopic (exact) mass is 303 g/mol. The van der Waals surface area contributed by atoms with E-state index in [0.29, 0.717) is 0 Å². The van der Waals surface area contributed by atoms with Crippen LogP contribution < -0.4 is 0 Å². The van der Waals surface area contributed by atoms with Gasteiger partial charge < -0.3 is 5.11 Å². The molecule has 0 amide bonds. The molecule has 20 heavy (non-hydrogen) atoms. The van der Waals surface area contributed by atoms with Crippen molar-refractivity contribution in [2.45, 2.75) is 29.3 Å². The van der Waals surface area contributed by atoms with E-state index < -0.39 is 0 Å². The van der Waals surface area contributed by atoms with Crippen molar-refractivity contribution in [1.82, 2.24) is 14.3 Å². The minimum Gasteiger partial charge on any atom is -0.392 e. The Morgan fingerprint density at radius 2 is 2.10 bits per heavy atom. The van der Waals surface area contributed by atoms with Crippen molar-refractivity contribution in [3.8, 4) is 0 Å². The van der Waals surface area contributed by atoms with Gasteiger partial charge in [0.2, 0.25) is 0 Å².